The van der Waals surface area contributed by atoms with E-state index in [-0.39, 0.29) is 11.8 Å². The zero-order valence-electron chi connectivity index (χ0n) is 12.5. The molecule has 0 spiro atoms. The Labute approximate surface area is 116 Å². The average Bonchev–Trinajstić information content (AvgIpc) is 2.67. The fourth-order valence-corrected chi connectivity index (χ4v) is 3.02. The predicted octanol–water partition coefficient (Wildman–Crippen LogP) is 2.88. The Morgan fingerprint density at radius 1 is 1.32 bits per heavy atom. The number of nitrogens with one attached hydrogen (secondary N) is 1. The monoisotopic (exact) mass is 262 g/mol. The molecule has 0 saturated heterocycles. The van der Waals surface area contributed by atoms with E-state index in [0.29, 0.717) is 0 Å². The fraction of sp³-hybridized carbons (Fsp3) is 0.688. The number of hydrogen-bond acceptors (Lipinski definition) is 1. The smallest absolute Gasteiger partial charge is 0.223 e. The van der Waals surface area contributed by atoms with Gasteiger partial charge < -0.3 is 9.88 Å². The number of rotatable bonds is 4. The SMILES string of the molecule is Cc1cc(CCNC(=O)C2CCCCC2)c(C)n1C. The topological polar surface area (TPSA) is 34.0 Å². The maximum Gasteiger partial charge on any atom is 0.223 e. The molecule has 3 nitrogen and oxygen atoms in total. The fourth-order valence-electron chi connectivity index (χ4n) is 3.02. The Kier molecular flexibility index (Phi) is 4.67. The molecule has 1 N–H and O–H groups in total. The van der Waals surface area contributed by atoms with E-state index in [1.165, 1.54) is 36.2 Å². The maximum atomic E-state index is 12.0. The summed E-state index contributed by atoms with van der Waals surface area (Å²) in [6.07, 6.45) is 6.83. The van der Waals surface area contributed by atoms with Crippen LogP contribution in [0.15, 0.2) is 6.07 Å². The summed E-state index contributed by atoms with van der Waals surface area (Å²) in [5.74, 6) is 0.539. The van der Waals surface area contributed by atoms with E-state index in [4.69, 9.17) is 0 Å². The van der Waals surface area contributed by atoms with E-state index < -0.39 is 0 Å². The van der Waals surface area contributed by atoms with Gasteiger partial charge in [-0.05, 0) is 44.7 Å². The number of hydrogen-bond donors (Lipinski definition) is 1. The van der Waals surface area contributed by atoms with Crippen molar-refractivity contribution in [2.45, 2.75) is 52.4 Å². The van der Waals surface area contributed by atoms with Crippen LogP contribution >= 0.6 is 0 Å². The first-order valence-electron chi connectivity index (χ1n) is 7.49. The van der Waals surface area contributed by atoms with E-state index in [1.807, 2.05) is 0 Å². The molecule has 1 aromatic rings. The Morgan fingerprint density at radius 3 is 2.58 bits per heavy atom. The van der Waals surface area contributed by atoms with Crippen molar-refractivity contribution in [1.29, 1.82) is 0 Å². The minimum atomic E-state index is 0.269. The van der Waals surface area contributed by atoms with Gasteiger partial charge in [-0.3, -0.25) is 4.79 Å². The average molecular weight is 262 g/mol. The van der Waals surface area contributed by atoms with Gasteiger partial charge in [-0.15, -0.1) is 0 Å². The molecule has 1 fully saturated rings. The summed E-state index contributed by atoms with van der Waals surface area (Å²) < 4.78 is 2.21. The lowest BCUT2D eigenvalue weighted by atomic mass is 9.88. The van der Waals surface area contributed by atoms with E-state index in [9.17, 15) is 4.79 Å². The van der Waals surface area contributed by atoms with Crippen molar-refractivity contribution < 1.29 is 4.79 Å². The number of nitrogens with zero attached hydrogens (tertiary/aromatic N) is 1. The first-order valence-corrected chi connectivity index (χ1v) is 7.49. The van der Waals surface area contributed by atoms with Gasteiger partial charge in [0.2, 0.25) is 5.91 Å². The standard InChI is InChI=1S/C16H26N2O/c1-12-11-15(13(2)18(12)3)9-10-17-16(19)14-7-5-4-6-8-14/h11,14H,4-10H2,1-3H3,(H,17,19). The number of amides is 1. The maximum absolute atomic E-state index is 12.0. The van der Waals surface area contributed by atoms with Crippen molar-refractivity contribution in [2.24, 2.45) is 13.0 Å². The molecule has 0 radical (unpaired) electrons. The minimum Gasteiger partial charge on any atom is -0.356 e. The van der Waals surface area contributed by atoms with Gasteiger partial charge in [0.15, 0.2) is 0 Å². The van der Waals surface area contributed by atoms with Gasteiger partial charge in [0.25, 0.3) is 0 Å². The van der Waals surface area contributed by atoms with E-state index >= 15 is 0 Å². The van der Waals surface area contributed by atoms with Crippen molar-refractivity contribution >= 4 is 5.91 Å². The second-order valence-corrected chi connectivity index (χ2v) is 5.83. The second kappa shape index (κ2) is 6.27. The Balaban J connectivity index is 1.79. The first kappa shape index (κ1) is 14.2. The molecule has 1 amide bonds. The molecule has 0 unspecified atom stereocenters. The number of aryl methyl sites for hydroxylation is 1. The normalized spacial score (nSPS) is 16.6. The summed E-state index contributed by atoms with van der Waals surface area (Å²) >= 11 is 0. The molecule has 0 aromatic carbocycles. The molecular weight excluding hydrogens is 236 g/mol. The lowest BCUT2D eigenvalue weighted by Crippen LogP contribution is -2.33. The molecule has 3 heteroatoms. The van der Waals surface area contributed by atoms with Crippen LogP contribution in [-0.4, -0.2) is 17.0 Å². The van der Waals surface area contributed by atoms with Crippen molar-refractivity contribution in [1.82, 2.24) is 9.88 Å². The lowest BCUT2D eigenvalue weighted by molar-refractivity contribution is -0.125. The molecule has 0 atom stereocenters. The van der Waals surface area contributed by atoms with Gasteiger partial charge in [0.1, 0.15) is 0 Å². The van der Waals surface area contributed by atoms with Crippen molar-refractivity contribution in [3.8, 4) is 0 Å². The van der Waals surface area contributed by atoms with Crippen LogP contribution in [0.2, 0.25) is 0 Å². The molecular formula is C16H26N2O. The second-order valence-electron chi connectivity index (χ2n) is 5.83. The van der Waals surface area contributed by atoms with Gasteiger partial charge >= 0.3 is 0 Å². The van der Waals surface area contributed by atoms with E-state index in [2.05, 4.69) is 36.8 Å². The minimum absolute atomic E-state index is 0.269. The van der Waals surface area contributed by atoms with Crippen LogP contribution in [0.25, 0.3) is 0 Å². The first-order chi connectivity index (χ1) is 9.09. The largest absolute Gasteiger partial charge is 0.356 e. The molecule has 1 aliphatic rings. The van der Waals surface area contributed by atoms with Crippen molar-refractivity contribution in [2.75, 3.05) is 6.54 Å². The van der Waals surface area contributed by atoms with Crippen LogP contribution in [0.1, 0.15) is 49.1 Å². The summed E-state index contributed by atoms with van der Waals surface area (Å²) in [6, 6.07) is 2.22. The zero-order chi connectivity index (χ0) is 13.8. The van der Waals surface area contributed by atoms with Crippen LogP contribution in [0.4, 0.5) is 0 Å². The number of aromatic nitrogens is 1. The third-order valence-corrected chi connectivity index (χ3v) is 4.55. The molecule has 1 aliphatic carbocycles. The van der Waals surface area contributed by atoms with Gasteiger partial charge in [0.05, 0.1) is 0 Å². The molecule has 1 saturated carbocycles. The van der Waals surface area contributed by atoms with Gasteiger partial charge in [-0.2, -0.15) is 0 Å². The van der Waals surface area contributed by atoms with Gasteiger partial charge in [-0.25, -0.2) is 0 Å². The van der Waals surface area contributed by atoms with E-state index in [0.717, 1.165) is 25.8 Å². The highest BCUT2D eigenvalue weighted by Gasteiger charge is 2.20. The highest BCUT2D eigenvalue weighted by Crippen LogP contribution is 2.23. The summed E-state index contributed by atoms with van der Waals surface area (Å²) in [6.45, 7) is 5.03. The molecule has 1 aromatic heterocycles. The zero-order valence-corrected chi connectivity index (χ0v) is 12.5. The highest BCUT2D eigenvalue weighted by molar-refractivity contribution is 5.78. The third kappa shape index (κ3) is 3.40. The molecule has 106 valence electrons. The summed E-state index contributed by atoms with van der Waals surface area (Å²) in [5.41, 5.74) is 3.94. The Morgan fingerprint density at radius 2 is 2.00 bits per heavy atom. The summed E-state index contributed by atoms with van der Waals surface area (Å²) in [4.78, 5) is 12.0. The highest BCUT2D eigenvalue weighted by atomic mass is 16.1. The van der Waals surface area contributed by atoms with Crippen LogP contribution in [-0.2, 0) is 18.3 Å². The van der Waals surface area contributed by atoms with Crippen LogP contribution in [0.3, 0.4) is 0 Å². The third-order valence-electron chi connectivity index (χ3n) is 4.55. The van der Waals surface area contributed by atoms with Crippen molar-refractivity contribution in [3.63, 3.8) is 0 Å². The number of carbonyl (C=O) groups excluding carboxylic acids is 1. The molecule has 0 aliphatic heterocycles. The molecule has 1 heterocycles. The number of carbonyl (C=O) groups is 1. The molecule has 2 rings (SSSR count). The lowest BCUT2D eigenvalue weighted by Gasteiger charge is -2.20. The van der Waals surface area contributed by atoms with Gasteiger partial charge in [-0.1, -0.05) is 19.3 Å². The van der Waals surface area contributed by atoms with Crippen LogP contribution in [0.5, 0.6) is 0 Å². The molecule has 0 bridgehead atoms. The molecule has 19 heavy (non-hydrogen) atoms. The van der Waals surface area contributed by atoms with E-state index in [1.54, 1.807) is 0 Å². The Hall–Kier alpha value is -1.25. The summed E-state index contributed by atoms with van der Waals surface area (Å²) in [5, 5.41) is 3.11. The van der Waals surface area contributed by atoms with Gasteiger partial charge in [0, 0.05) is 30.9 Å². The Bertz CT molecular complexity index is 442. The van der Waals surface area contributed by atoms with Crippen LogP contribution < -0.4 is 5.32 Å². The van der Waals surface area contributed by atoms with Crippen molar-refractivity contribution in [3.05, 3.63) is 23.0 Å². The quantitative estimate of drug-likeness (QED) is 0.889. The summed E-state index contributed by atoms with van der Waals surface area (Å²) in [7, 11) is 2.09. The van der Waals surface area contributed by atoms with Crippen LogP contribution in [0, 0.1) is 19.8 Å². The predicted molar refractivity (Wildman–Crippen MR) is 78.2 cm³/mol.